The zero-order chi connectivity index (χ0) is 26.8. The minimum Gasteiger partial charge on any atom is -0.423 e. The number of hydrogen-bond donors (Lipinski definition) is 0. The minimum absolute atomic E-state index is 0.355. The number of ether oxygens (including phenoxy) is 1. The average molecular weight is 537 g/mol. The van der Waals surface area contributed by atoms with E-state index in [2.05, 4.69) is 24.0 Å². The Morgan fingerprint density at radius 3 is 2.00 bits per heavy atom. The van der Waals surface area contributed by atoms with Crippen molar-refractivity contribution in [3.05, 3.63) is 59.7 Å². The first-order valence-corrected chi connectivity index (χ1v) is 15.6. The number of aromatic nitrogens is 2. The largest absolute Gasteiger partial charge is 0.423 e. The summed E-state index contributed by atoms with van der Waals surface area (Å²) in [5, 5.41) is 8.90. The number of thioether (sulfide) groups is 1. The van der Waals surface area contributed by atoms with E-state index in [1.807, 2.05) is 36.4 Å². The number of nitrogens with zero attached hydrogens (tertiary/aromatic N) is 2. The van der Waals surface area contributed by atoms with Gasteiger partial charge in [-0.1, -0.05) is 108 Å². The monoisotopic (exact) mass is 536 g/mol. The number of hydrogen-bond acceptors (Lipinski definition) is 6. The van der Waals surface area contributed by atoms with Gasteiger partial charge in [0, 0.05) is 11.3 Å². The van der Waals surface area contributed by atoms with E-state index in [-0.39, 0.29) is 5.97 Å². The van der Waals surface area contributed by atoms with Crippen molar-refractivity contribution in [1.82, 2.24) is 10.2 Å². The van der Waals surface area contributed by atoms with Gasteiger partial charge in [-0.25, -0.2) is 4.79 Å². The fourth-order valence-electron chi connectivity index (χ4n) is 4.35. The van der Waals surface area contributed by atoms with Gasteiger partial charge in [0.05, 0.1) is 5.56 Å². The van der Waals surface area contributed by atoms with Crippen LogP contribution in [-0.4, -0.2) is 21.9 Å². The Kier molecular flexibility index (Phi) is 14.0. The van der Waals surface area contributed by atoms with Gasteiger partial charge in [0.25, 0.3) is 5.22 Å². The second kappa shape index (κ2) is 17.8. The van der Waals surface area contributed by atoms with Gasteiger partial charge in [0.15, 0.2) is 0 Å². The van der Waals surface area contributed by atoms with E-state index in [9.17, 15) is 4.79 Å². The van der Waals surface area contributed by atoms with Crippen LogP contribution >= 0.6 is 11.8 Å². The van der Waals surface area contributed by atoms with Crippen molar-refractivity contribution < 1.29 is 13.9 Å². The highest BCUT2D eigenvalue weighted by atomic mass is 32.2. The van der Waals surface area contributed by atoms with Gasteiger partial charge in [-0.2, -0.15) is 0 Å². The molecule has 2 aromatic carbocycles. The van der Waals surface area contributed by atoms with E-state index in [0.29, 0.717) is 22.4 Å². The Morgan fingerprint density at radius 2 is 1.34 bits per heavy atom. The lowest BCUT2D eigenvalue weighted by Gasteiger charge is -2.06. The number of unbranched alkanes of at least 4 members (excludes halogenated alkanes) is 11. The molecule has 0 aliphatic rings. The second-order valence-corrected chi connectivity index (χ2v) is 11.0. The average Bonchev–Trinajstić information content (AvgIpc) is 3.42. The highest BCUT2D eigenvalue weighted by Gasteiger charge is 2.12. The molecule has 0 unspecified atom stereocenters. The highest BCUT2D eigenvalue weighted by molar-refractivity contribution is 7.99. The number of carbonyl (C=O) groups is 1. The Hall–Kier alpha value is -2.60. The molecule has 1 aromatic heterocycles. The maximum absolute atomic E-state index is 12.6. The van der Waals surface area contributed by atoms with Gasteiger partial charge in [-0.3, -0.25) is 0 Å². The van der Waals surface area contributed by atoms with Gasteiger partial charge >= 0.3 is 5.97 Å². The third-order valence-electron chi connectivity index (χ3n) is 6.70. The molecule has 1 heterocycles. The molecule has 0 aliphatic carbocycles. The van der Waals surface area contributed by atoms with Crippen LogP contribution in [-0.2, 0) is 6.42 Å². The van der Waals surface area contributed by atoms with Crippen LogP contribution in [0.15, 0.2) is 58.2 Å². The van der Waals surface area contributed by atoms with Crippen molar-refractivity contribution in [1.29, 1.82) is 0 Å². The number of rotatable bonds is 19. The molecule has 0 amide bonds. The fourth-order valence-corrected chi connectivity index (χ4v) is 5.11. The Bertz CT molecular complexity index is 1050. The van der Waals surface area contributed by atoms with Crippen LogP contribution in [0.25, 0.3) is 11.5 Å². The molecule has 3 aromatic rings. The van der Waals surface area contributed by atoms with E-state index in [1.54, 1.807) is 23.9 Å². The molecule has 3 rings (SSSR count). The molecule has 0 N–H and O–H groups in total. The predicted molar refractivity (Wildman–Crippen MR) is 157 cm³/mol. The van der Waals surface area contributed by atoms with Gasteiger partial charge in [0.1, 0.15) is 5.75 Å². The maximum Gasteiger partial charge on any atom is 0.343 e. The molecule has 0 bridgehead atoms. The molecule has 0 atom stereocenters. The molecule has 0 aliphatic heterocycles. The SMILES string of the molecule is CCCCCCCCCCc1ccc(C(=O)Oc2ccc(-c3nnc(SCCCCCCC)o3)cc2)cc1. The molecule has 0 radical (unpaired) electrons. The normalized spacial score (nSPS) is 11.1. The summed E-state index contributed by atoms with van der Waals surface area (Å²) in [6, 6.07) is 15.0. The van der Waals surface area contributed by atoms with Crippen molar-refractivity contribution >= 4 is 17.7 Å². The first-order valence-electron chi connectivity index (χ1n) is 14.6. The Labute approximate surface area is 233 Å². The van der Waals surface area contributed by atoms with Crippen molar-refractivity contribution in [3.63, 3.8) is 0 Å². The van der Waals surface area contributed by atoms with Crippen LogP contribution in [0.5, 0.6) is 5.75 Å². The minimum atomic E-state index is -0.355. The van der Waals surface area contributed by atoms with Crippen LogP contribution in [0.3, 0.4) is 0 Å². The molecule has 38 heavy (non-hydrogen) atoms. The lowest BCUT2D eigenvalue weighted by Crippen LogP contribution is -2.08. The smallest absolute Gasteiger partial charge is 0.343 e. The Morgan fingerprint density at radius 1 is 0.737 bits per heavy atom. The van der Waals surface area contributed by atoms with Gasteiger partial charge in [0.2, 0.25) is 5.89 Å². The van der Waals surface area contributed by atoms with Crippen molar-refractivity contribution in [2.45, 2.75) is 109 Å². The van der Waals surface area contributed by atoms with Crippen LogP contribution in [0.2, 0.25) is 0 Å². The molecule has 0 spiro atoms. The van der Waals surface area contributed by atoms with Crippen LogP contribution in [0.4, 0.5) is 0 Å². The number of esters is 1. The van der Waals surface area contributed by atoms with Crippen LogP contribution < -0.4 is 4.74 Å². The van der Waals surface area contributed by atoms with E-state index < -0.39 is 0 Å². The van der Waals surface area contributed by atoms with E-state index in [1.165, 1.54) is 82.6 Å². The van der Waals surface area contributed by atoms with E-state index in [0.717, 1.165) is 24.2 Å². The summed E-state index contributed by atoms with van der Waals surface area (Å²) in [6.45, 7) is 4.48. The molecular formula is C32H44N2O3S. The summed E-state index contributed by atoms with van der Waals surface area (Å²) in [6.07, 6.45) is 17.8. The molecule has 0 fully saturated rings. The lowest BCUT2D eigenvalue weighted by atomic mass is 10.0. The summed E-state index contributed by atoms with van der Waals surface area (Å²) < 4.78 is 11.4. The summed E-state index contributed by atoms with van der Waals surface area (Å²) >= 11 is 1.60. The summed E-state index contributed by atoms with van der Waals surface area (Å²) in [4.78, 5) is 12.6. The third kappa shape index (κ3) is 11.0. The zero-order valence-corrected chi connectivity index (χ0v) is 24.1. The molecule has 6 heteroatoms. The zero-order valence-electron chi connectivity index (χ0n) is 23.3. The predicted octanol–water partition coefficient (Wildman–Crippen LogP) is 9.70. The molecule has 0 saturated carbocycles. The highest BCUT2D eigenvalue weighted by Crippen LogP contribution is 2.26. The molecule has 0 saturated heterocycles. The first kappa shape index (κ1) is 29.9. The molecule has 5 nitrogen and oxygen atoms in total. The van der Waals surface area contributed by atoms with Crippen LogP contribution in [0.1, 0.15) is 113 Å². The van der Waals surface area contributed by atoms with Gasteiger partial charge < -0.3 is 9.15 Å². The van der Waals surface area contributed by atoms with Crippen molar-refractivity contribution in [2.24, 2.45) is 0 Å². The molecule has 206 valence electrons. The topological polar surface area (TPSA) is 65.2 Å². The fraction of sp³-hybridized carbons (Fsp3) is 0.531. The number of benzene rings is 2. The number of aryl methyl sites for hydroxylation is 1. The van der Waals surface area contributed by atoms with Crippen LogP contribution in [0, 0.1) is 0 Å². The standard InChI is InChI=1S/C32H44N2O3S/c1-3-5-7-9-10-11-12-14-16-26-17-19-28(20-18-26)31(35)36-29-23-21-27(22-24-29)30-33-34-32(37-30)38-25-15-13-8-6-4-2/h17-24H,3-16,25H2,1-2H3. The van der Waals surface area contributed by atoms with Gasteiger partial charge in [-0.05, 0) is 61.2 Å². The second-order valence-electron chi connectivity index (χ2n) is 9.97. The van der Waals surface area contributed by atoms with Crippen molar-refractivity contribution in [2.75, 3.05) is 5.75 Å². The summed E-state index contributed by atoms with van der Waals surface area (Å²) in [5.41, 5.74) is 2.63. The Balaban J connectivity index is 1.38. The summed E-state index contributed by atoms with van der Waals surface area (Å²) in [7, 11) is 0. The summed E-state index contributed by atoms with van der Waals surface area (Å²) in [5.74, 6) is 1.60. The van der Waals surface area contributed by atoms with E-state index >= 15 is 0 Å². The lowest BCUT2D eigenvalue weighted by molar-refractivity contribution is 0.0734. The maximum atomic E-state index is 12.6. The number of carbonyl (C=O) groups excluding carboxylic acids is 1. The van der Waals surface area contributed by atoms with Gasteiger partial charge in [-0.15, -0.1) is 10.2 Å². The third-order valence-corrected chi connectivity index (χ3v) is 7.61. The molecular weight excluding hydrogens is 492 g/mol. The quantitative estimate of drug-likeness (QED) is 0.0657. The van der Waals surface area contributed by atoms with Crippen molar-refractivity contribution in [3.8, 4) is 17.2 Å². The first-order chi connectivity index (χ1) is 18.7. The van der Waals surface area contributed by atoms with E-state index in [4.69, 9.17) is 9.15 Å².